The van der Waals surface area contributed by atoms with Gasteiger partial charge in [0.15, 0.2) is 6.61 Å². The number of thioether (sulfide) groups is 1. The third-order valence-corrected chi connectivity index (χ3v) is 2.53. The molecule has 1 aromatic rings. The van der Waals surface area contributed by atoms with Gasteiger partial charge in [0.05, 0.1) is 5.56 Å². The molecule has 0 heterocycles. The number of amides is 1. The van der Waals surface area contributed by atoms with Crippen molar-refractivity contribution < 1.29 is 32.7 Å². The Morgan fingerprint density at radius 3 is 2.53 bits per heavy atom. The molecule has 0 aliphatic heterocycles. The highest BCUT2D eigenvalue weighted by atomic mass is 32.2. The third kappa shape index (κ3) is 5.62. The number of carboxylic acids is 1. The number of aliphatic carboxylic acids is 1. The Balaban J connectivity index is 2.76. The quantitative estimate of drug-likeness (QED) is 0.642. The van der Waals surface area contributed by atoms with E-state index < -0.39 is 35.8 Å². The molecule has 0 saturated heterocycles. The van der Waals surface area contributed by atoms with E-state index >= 15 is 0 Å². The number of rotatable bonds is 5. The molecule has 0 aliphatic rings. The monoisotopic (exact) mass is 295 g/mol. The van der Waals surface area contributed by atoms with Crippen LogP contribution in [0.3, 0.4) is 0 Å². The number of hydrogen-bond donors (Lipinski definition) is 2. The van der Waals surface area contributed by atoms with E-state index in [1.165, 1.54) is 18.2 Å². The molecule has 0 aliphatic carbocycles. The van der Waals surface area contributed by atoms with Crippen LogP contribution in [0.2, 0.25) is 0 Å². The van der Waals surface area contributed by atoms with Crippen molar-refractivity contribution >= 4 is 23.6 Å². The van der Waals surface area contributed by atoms with Gasteiger partial charge in [-0.2, -0.15) is 13.2 Å². The summed E-state index contributed by atoms with van der Waals surface area (Å²) >= 11 is -0.437. The van der Waals surface area contributed by atoms with Crippen LogP contribution in [0.4, 0.5) is 13.2 Å². The van der Waals surface area contributed by atoms with Gasteiger partial charge in [-0.25, -0.2) is 10.3 Å². The van der Waals surface area contributed by atoms with Crippen molar-refractivity contribution in [3.8, 4) is 0 Å². The van der Waals surface area contributed by atoms with E-state index in [0.717, 1.165) is 6.07 Å². The number of alkyl halides is 3. The molecule has 0 atom stereocenters. The molecular formula is C10H8F3NO4S. The number of nitrogens with one attached hydrogen (secondary N) is 1. The highest BCUT2D eigenvalue weighted by Gasteiger charge is 2.31. The van der Waals surface area contributed by atoms with Gasteiger partial charge in [0, 0.05) is 4.90 Å². The van der Waals surface area contributed by atoms with Crippen molar-refractivity contribution in [3.05, 3.63) is 29.8 Å². The molecule has 1 rings (SSSR count). The van der Waals surface area contributed by atoms with Gasteiger partial charge in [-0.3, -0.25) is 9.63 Å². The molecule has 0 radical (unpaired) electrons. The smallest absolute Gasteiger partial charge is 0.446 e. The number of hydrogen-bond acceptors (Lipinski definition) is 4. The second-order valence-electron chi connectivity index (χ2n) is 3.16. The fourth-order valence-electron chi connectivity index (χ4n) is 1.09. The van der Waals surface area contributed by atoms with Crippen LogP contribution in [0, 0.1) is 0 Å². The minimum Gasteiger partial charge on any atom is -0.479 e. The number of halogens is 3. The number of carbonyl (C=O) groups is 2. The number of hydroxylamine groups is 1. The van der Waals surface area contributed by atoms with Crippen LogP contribution in [0.15, 0.2) is 29.2 Å². The first kappa shape index (κ1) is 15.3. The van der Waals surface area contributed by atoms with Gasteiger partial charge in [0.1, 0.15) is 0 Å². The number of carbonyl (C=O) groups excluding carboxylic acids is 1. The largest absolute Gasteiger partial charge is 0.479 e. The topological polar surface area (TPSA) is 75.6 Å². The zero-order valence-electron chi connectivity index (χ0n) is 9.23. The van der Waals surface area contributed by atoms with Gasteiger partial charge in [0.2, 0.25) is 0 Å². The lowest BCUT2D eigenvalue weighted by molar-refractivity contribution is -0.144. The second-order valence-corrected chi connectivity index (χ2v) is 4.26. The summed E-state index contributed by atoms with van der Waals surface area (Å²) in [6, 6.07) is 5.04. The standard InChI is InChI=1S/C10H8F3NO4S/c11-10(12,13)19-7-4-2-1-3-6(7)9(17)14-18-5-8(15)16/h1-4H,5H2,(H,14,17)(H,15,16). The molecule has 1 aromatic carbocycles. The lowest BCUT2D eigenvalue weighted by Gasteiger charge is -2.10. The molecule has 104 valence electrons. The van der Waals surface area contributed by atoms with E-state index in [1.807, 2.05) is 0 Å². The van der Waals surface area contributed by atoms with E-state index in [2.05, 4.69) is 4.84 Å². The van der Waals surface area contributed by atoms with Crippen LogP contribution in [0.25, 0.3) is 0 Å². The highest BCUT2D eigenvalue weighted by molar-refractivity contribution is 8.00. The summed E-state index contributed by atoms with van der Waals surface area (Å²) in [6.45, 7) is -0.791. The van der Waals surface area contributed by atoms with Crippen LogP contribution in [-0.2, 0) is 9.63 Å². The van der Waals surface area contributed by atoms with E-state index in [4.69, 9.17) is 5.11 Å². The van der Waals surface area contributed by atoms with E-state index in [-0.39, 0.29) is 10.5 Å². The summed E-state index contributed by atoms with van der Waals surface area (Å²) in [6.07, 6.45) is 0. The maximum absolute atomic E-state index is 12.3. The summed E-state index contributed by atoms with van der Waals surface area (Å²) in [4.78, 5) is 25.7. The predicted molar refractivity (Wildman–Crippen MR) is 59.4 cm³/mol. The molecule has 0 spiro atoms. The zero-order valence-corrected chi connectivity index (χ0v) is 10.0. The Labute approximate surface area is 109 Å². The average molecular weight is 295 g/mol. The molecule has 9 heteroatoms. The summed E-state index contributed by atoms with van der Waals surface area (Å²) in [5.41, 5.74) is -3.03. The first-order chi connectivity index (χ1) is 8.79. The summed E-state index contributed by atoms with van der Waals surface area (Å²) < 4.78 is 36.8. The molecule has 2 N–H and O–H groups in total. The molecule has 19 heavy (non-hydrogen) atoms. The predicted octanol–water partition coefficient (Wildman–Crippen LogP) is 2.04. The summed E-state index contributed by atoms with van der Waals surface area (Å²) in [7, 11) is 0. The van der Waals surface area contributed by atoms with Crippen molar-refractivity contribution in [1.82, 2.24) is 5.48 Å². The zero-order chi connectivity index (χ0) is 14.5. The highest BCUT2D eigenvalue weighted by Crippen LogP contribution is 2.38. The average Bonchev–Trinajstić information content (AvgIpc) is 2.26. The van der Waals surface area contributed by atoms with Crippen molar-refractivity contribution in [2.24, 2.45) is 0 Å². The SMILES string of the molecule is O=C(O)CONC(=O)c1ccccc1SC(F)(F)F. The number of benzene rings is 1. The molecule has 1 amide bonds. The molecule has 0 unspecified atom stereocenters. The summed E-state index contributed by atoms with van der Waals surface area (Å²) in [5, 5.41) is 8.28. The molecular weight excluding hydrogens is 287 g/mol. The fraction of sp³-hybridized carbons (Fsp3) is 0.200. The Kier molecular flexibility index (Phi) is 5.19. The normalized spacial score (nSPS) is 11.1. The first-order valence-corrected chi connectivity index (χ1v) is 5.60. The van der Waals surface area contributed by atoms with E-state index in [0.29, 0.717) is 0 Å². The van der Waals surface area contributed by atoms with Crippen molar-refractivity contribution in [1.29, 1.82) is 0 Å². The molecule has 0 saturated carbocycles. The van der Waals surface area contributed by atoms with Gasteiger partial charge in [-0.1, -0.05) is 12.1 Å². The van der Waals surface area contributed by atoms with Gasteiger partial charge >= 0.3 is 11.5 Å². The molecule has 0 bridgehead atoms. The first-order valence-electron chi connectivity index (χ1n) is 4.78. The van der Waals surface area contributed by atoms with Crippen molar-refractivity contribution in [2.75, 3.05) is 6.61 Å². The molecule has 0 fully saturated rings. The van der Waals surface area contributed by atoms with Crippen LogP contribution in [0.5, 0.6) is 0 Å². The molecule has 0 aromatic heterocycles. The van der Waals surface area contributed by atoms with Crippen LogP contribution >= 0.6 is 11.8 Å². The Hall–Kier alpha value is -1.74. The Morgan fingerprint density at radius 1 is 1.32 bits per heavy atom. The molecule has 5 nitrogen and oxygen atoms in total. The lowest BCUT2D eigenvalue weighted by Crippen LogP contribution is -2.27. The maximum Gasteiger partial charge on any atom is 0.446 e. The van der Waals surface area contributed by atoms with Gasteiger partial charge < -0.3 is 5.11 Å². The lowest BCUT2D eigenvalue weighted by atomic mass is 10.2. The van der Waals surface area contributed by atoms with Crippen LogP contribution < -0.4 is 5.48 Å². The maximum atomic E-state index is 12.3. The fourth-order valence-corrected chi connectivity index (χ4v) is 1.75. The second kappa shape index (κ2) is 6.43. The van der Waals surface area contributed by atoms with Crippen molar-refractivity contribution in [2.45, 2.75) is 10.4 Å². The summed E-state index contributed by atoms with van der Waals surface area (Å²) in [5.74, 6) is -2.27. The van der Waals surface area contributed by atoms with E-state index in [9.17, 15) is 22.8 Å². The minimum atomic E-state index is -4.53. The van der Waals surface area contributed by atoms with Crippen LogP contribution in [-0.4, -0.2) is 29.1 Å². The Morgan fingerprint density at radius 2 is 1.95 bits per heavy atom. The van der Waals surface area contributed by atoms with Gasteiger partial charge in [-0.15, -0.1) is 0 Å². The van der Waals surface area contributed by atoms with Crippen LogP contribution in [0.1, 0.15) is 10.4 Å². The van der Waals surface area contributed by atoms with Gasteiger partial charge in [-0.05, 0) is 23.9 Å². The third-order valence-electron chi connectivity index (χ3n) is 1.72. The Bertz CT molecular complexity index is 478. The number of carboxylic acid groups (broad SMARTS) is 1. The van der Waals surface area contributed by atoms with Crippen molar-refractivity contribution in [3.63, 3.8) is 0 Å². The van der Waals surface area contributed by atoms with Gasteiger partial charge in [0.25, 0.3) is 5.91 Å². The minimum absolute atomic E-state index is 0.254. The van der Waals surface area contributed by atoms with E-state index in [1.54, 1.807) is 5.48 Å².